The van der Waals surface area contributed by atoms with Crippen molar-refractivity contribution in [3.63, 3.8) is 0 Å². The molecule has 8 nitrogen and oxygen atoms in total. The molecule has 1 spiro atoms. The molecule has 1 unspecified atom stereocenters. The molecule has 1 fully saturated rings. The highest BCUT2D eigenvalue weighted by atomic mass is 16.2. The lowest BCUT2D eigenvalue weighted by molar-refractivity contribution is -0.137. The highest BCUT2D eigenvalue weighted by Crippen LogP contribution is 2.46. The van der Waals surface area contributed by atoms with Crippen LogP contribution in [0.1, 0.15) is 49.3 Å². The van der Waals surface area contributed by atoms with Crippen molar-refractivity contribution in [2.75, 3.05) is 37.3 Å². The summed E-state index contributed by atoms with van der Waals surface area (Å²) in [6, 6.07) is 9.65. The Morgan fingerprint density at radius 1 is 1.18 bits per heavy atom. The third-order valence-electron chi connectivity index (χ3n) is 8.41. The predicted octanol–water partition coefficient (Wildman–Crippen LogP) is 3.75. The number of hydrogen-bond donors (Lipinski definition) is 3. The summed E-state index contributed by atoms with van der Waals surface area (Å²) >= 11 is 0. The molecule has 2 aromatic rings. The Labute approximate surface area is 230 Å². The number of hydrogen-bond acceptors (Lipinski definition) is 5. The molecule has 3 amide bonds. The number of carbonyl (C=O) groups is 3. The third kappa shape index (κ3) is 5.26. The van der Waals surface area contributed by atoms with Crippen LogP contribution in [0.5, 0.6) is 0 Å². The summed E-state index contributed by atoms with van der Waals surface area (Å²) in [5.41, 5.74) is 5.12. The predicted molar refractivity (Wildman–Crippen MR) is 152 cm³/mol. The fourth-order valence-corrected chi connectivity index (χ4v) is 6.32. The van der Waals surface area contributed by atoms with Crippen molar-refractivity contribution in [2.45, 2.75) is 50.9 Å². The van der Waals surface area contributed by atoms with Gasteiger partial charge in [0.2, 0.25) is 17.7 Å². The van der Waals surface area contributed by atoms with Gasteiger partial charge in [0.1, 0.15) is 12.4 Å². The Hall–Kier alpha value is -3.78. The van der Waals surface area contributed by atoms with E-state index in [4.69, 9.17) is 0 Å². The number of rotatable bonds is 9. The molecule has 3 N–H and O–H groups in total. The van der Waals surface area contributed by atoms with Crippen LogP contribution < -0.4 is 16.0 Å². The van der Waals surface area contributed by atoms with Gasteiger partial charge in [-0.2, -0.15) is 0 Å². The number of nitrogens with one attached hydrogen (secondary N) is 3. The van der Waals surface area contributed by atoms with Crippen LogP contribution in [0.2, 0.25) is 0 Å². The summed E-state index contributed by atoms with van der Waals surface area (Å²) in [5.74, 6) is 0.374. The van der Waals surface area contributed by atoms with Crippen molar-refractivity contribution in [1.29, 1.82) is 0 Å². The average molecular weight is 528 g/mol. The summed E-state index contributed by atoms with van der Waals surface area (Å²) in [4.78, 5) is 45.7. The summed E-state index contributed by atoms with van der Waals surface area (Å²) in [5, 5.41) is 9.08. The first kappa shape index (κ1) is 26.8. The highest BCUT2D eigenvalue weighted by molar-refractivity contribution is 6.06. The van der Waals surface area contributed by atoms with Crippen LogP contribution in [-0.2, 0) is 32.6 Å². The van der Waals surface area contributed by atoms with Gasteiger partial charge in [-0.05, 0) is 74.6 Å². The average Bonchev–Trinajstić information content (AvgIpc) is 3.65. The first-order chi connectivity index (χ1) is 18.8. The maximum absolute atomic E-state index is 13.4. The molecule has 1 aromatic heterocycles. The van der Waals surface area contributed by atoms with Gasteiger partial charge in [0, 0.05) is 36.5 Å². The molecule has 39 heavy (non-hydrogen) atoms. The van der Waals surface area contributed by atoms with Crippen molar-refractivity contribution in [2.24, 2.45) is 5.92 Å². The highest BCUT2D eigenvalue weighted by Gasteiger charge is 2.51. The van der Waals surface area contributed by atoms with Crippen LogP contribution in [0.15, 0.2) is 60.3 Å². The minimum absolute atomic E-state index is 0.0258. The van der Waals surface area contributed by atoms with Gasteiger partial charge in [0.25, 0.3) is 0 Å². The molecular weight excluding hydrogens is 490 g/mol. The molecule has 2 aliphatic carbocycles. The second-order valence-corrected chi connectivity index (χ2v) is 11.0. The van der Waals surface area contributed by atoms with Gasteiger partial charge in [-0.1, -0.05) is 43.2 Å². The Kier molecular flexibility index (Phi) is 7.66. The third-order valence-corrected chi connectivity index (χ3v) is 8.41. The molecular formula is C31H37N5O3. The SMILES string of the molecule is C=C/C(CN(CC(=O)Nc1ccc2c(c1)CC1(C2)C(=O)Nc2ncccc21)C(=O)C1CCCC1)=C(\C)CNC. The molecule has 1 aliphatic heterocycles. The number of benzene rings is 1. The zero-order chi connectivity index (χ0) is 27.6. The second-order valence-electron chi connectivity index (χ2n) is 11.0. The Morgan fingerprint density at radius 3 is 2.69 bits per heavy atom. The summed E-state index contributed by atoms with van der Waals surface area (Å²) in [6.07, 6.45) is 8.47. The number of carbonyl (C=O) groups excluding carboxylic acids is 3. The zero-order valence-corrected chi connectivity index (χ0v) is 22.8. The first-order valence-corrected chi connectivity index (χ1v) is 13.8. The van der Waals surface area contributed by atoms with Gasteiger partial charge >= 0.3 is 0 Å². The van der Waals surface area contributed by atoms with E-state index in [1.165, 1.54) is 0 Å². The van der Waals surface area contributed by atoms with Gasteiger partial charge in [-0.25, -0.2) is 4.98 Å². The Morgan fingerprint density at radius 2 is 1.95 bits per heavy atom. The quantitative estimate of drug-likeness (QED) is 0.431. The molecule has 1 aromatic carbocycles. The molecule has 1 saturated carbocycles. The van der Waals surface area contributed by atoms with Crippen molar-refractivity contribution in [1.82, 2.24) is 15.2 Å². The van der Waals surface area contributed by atoms with Crippen molar-refractivity contribution < 1.29 is 14.4 Å². The van der Waals surface area contributed by atoms with Gasteiger partial charge in [0.05, 0.1) is 5.41 Å². The number of fused-ring (bicyclic) bond motifs is 3. The first-order valence-electron chi connectivity index (χ1n) is 13.8. The molecule has 3 aliphatic rings. The molecule has 1 atom stereocenters. The van der Waals surface area contributed by atoms with Crippen LogP contribution in [0.4, 0.5) is 11.5 Å². The zero-order valence-electron chi connectivity index (χ0n) is 22.8. The number of likely N-dealkylation sites (N-methyl/N-ethyl adjacent to an activating group) is 1. The van der Waals surface area contributed by atoms with Gasteiger partial charge < -0.3 is 20.9 Å². The van der Waals surface area contributed by atoms with E-state index in [-0.39, 0.29) is 30.2 Å². The largest absolute Gasteiger partial charge is 0.329 e. The van der Waals surface area contributed by atoms with Crippen LogP contribution >= 0.6 is 0 Å². The Bertz CT molecular complexity index is 1340. The number of amides is 3. The van der Waals surface area contributed by atoms with Crippen molar-refractivity contribution in [3.05, 3.63) is 77.0 Å². The van der Waals surface area contributed by atoms with E-state index in [1.807, 2.05) is 44.3 Å². The van der Waals surface area contributed by atoms with Gasteiger partial charge in [-0.15, -0.1) is 0 Å². The second kappa shape index (κ2) is 11.1. The van der Waals surface area contributed by atoms with Crippen LogP contribution in [0.3, 0.4) is 0 Å². The number of anilines is 2. The fourth-order valence-electron chi connectivity index (χ4n) is 6.32. The maximum Gasteiger partial charge on any atom is 0.244 e. The molecule has 0 bridgehead atoms. The van der Waals surface area contributed by atoms with Crippen molar-refractivity contribution in [3.8, 4) is 0 Å². The topological polar surface area (TPSA) is 103 Å². The van der Waals surface area contributed by atoms with E-state index in [2.05, 4.69) is 27.5 Å². The van der Waals surface area contributed by atoms with Crippen molar-refractivity contribution >= 4 is 29.2 Å². The van der Waals surface area contributed by atoms with E-state index >= 15 is 0 Å². The molecule has 204 valence electrons. The fraction of sp³-hybridized carbons (Fsp3) is 0.419. The van der Waals surface area contributed by atoms with E-state index in [0.29, 0.717) is 37.4 Å². The maximum atomic E-state index is 13.4. The molecule has 0 saturated heterocycles. The van der Waals surface area contributed by atoms with E-state index < -0.39 is 5.41 Å². The van der Waals surface area contributed by atoms with Crippen LogP contribution in [-0.4, -0.2) is 54.3 Å². The van der Waals surface area contributed by atoms with Crippen LogP contribution in [0.25, 0.3) is 0 Å². The summed E-state index contributed by atoms with van der Waals surface area (Å²) < 4.78 is 0. The number of aromatic nitrogens is 1. The minimum Gasteiger partial charge on any atom is -0.329 e. The molecule has 5 rings (SSSR count). The van der Waals surface area contributed by atoms with E-state index in [9.17, 15) is 14.4 Å². The molecule has 2 heterocycles. The lowest BCUT2D eigenvalue weighted by Crippen LogP contribution is -2.42. The molecule has 0 radical (unpaired) electrons. The van der Waals surface area contributed by atoms with Gasteiger partial charge in [-0.3, -0.25) is 14.4 Å². The minimum atomic E-state index is -0.655. The standard InChI is InChI=1S/C31H37N5O3/c1-4-21(20(2)17-32-3)18-36(29(38)22-8-5-6-9-22)19-27(37)34-25-12-11-23-15-31(16-24(23)14-25)26-10-7-13-33-28(26)35-30(31)39/h4,7,10-14,22,32H,1,5-6,8-9,15-19H2,2-3H3,(H,34,37)(H,33,35,39)/b21-20-. The summed E-state index contributed by atoms with van der Waals surface area (Å²) in [7, 11) is 1.88. The normalized spacial score (nSPS) is 20.3. The van der Waals surface area contributed by atoms with E-state index in [0.717, 1.165) is 53.5 Å². The lowest BCUT2D eigenvalue weighted by Gasteiger charge is -2.26. The smallest absolute Gasteiger partial charge is 0.244 e. The number of nitrogens with zero attached hydrogens (tertiary/aromatic N) is 2. The monoisotopic (exact) mass is 527 g/mol. The van der Waals surface area contributed by atoms with Gasteiger partial charge in [0.15, 0.2) is 0 Å². The Balaban J connectivity index is 1.31. The van der Waals surface area contributed by atoms with E-state index in [1.54, 1.807) is 17.2 Å². The number of pyridine rings is 1. The molecule has 8 heteroatoms. The summed E-state index contributed by atoms with van der Waals surface area (Å²) in [6.45, 7) is 6.98. The lowest BCUT2D eigenvalue weighted by atomic mass is 9.79. The van der Waals surface area contributed by atoms with Crippen LogP contribution in [0, 0.1) is 5.92 Å².